The van der Waals surface area contributed by atoms with E-state index in [-0.39, 0.29) is 24.1 Å². The number of ether oxygens (including phenoxy) is 1. The number of hydrogen-bond donors (Lipinski definition) is 3. The number of rotatable bonds is 8. The molecule has 0 spiro atoms. The van der Waals surface area contributed by atoms with E-state index in [1.807, 2.05) is 58.9 Å². The predicted molar refractivity (Wildman–Crippen MR) is 112 cm³/mol. The van der Waals surface area contributed by atoms with Gasteiger partial charge in [0, 0.05) is 23.5 Å². The molecule has 0 aliphatic heterocycles. The molecular formula is C19H32N4O2S. The molecule has 1 aromatic rings. The summed E-state index contributed by atoms with van der Waals surface area (Å²) in [6.07, 6.45) is 2.19. The molecule has 0 atom stereocenters. The second kappa shape index (κ2) is 11.0. The number of carbonyl (C=O) groups is 1. The van der Waals surface area contributed by atoms with Crippen LogP contribution in [0.4, 0.5) is 5.69 Å². The Balaban J connectivity index is 2.72. The smallest absolute Gasteiger partial charge is 0.242 e. The van der Waals surface area contributed by atoms with E-state index in [0.717, 1.165) is 23.7 Å². The molecule has 0 bridgehead atoms. The standard InChI is InChI=1S/C19H32N4O2S/c1-14(2)25-16-9-7-15(8-10-16)22-18(20-11-12-26-6)21-13-17(24)23-19(3,4)5/h7-10,14H,11-13H2,1-6H3,(H,23,24)(H2,20,21,22). The molecule has 3 N–H and O–H groups in total. The summed E-state index contributed by atoms with van der Waals surface area (Å²) >= 11 is 1.75. The molecule has 0 saturated heterocycles. The first-order valence-corrected chi connectivity index (χ1v) is 10.2. The molecule has 1 rings (SSSR count). The minimum absolute atomic E-state index is 0.0699. The zero-order valence-electron chi connectivity index (χ0n) is 16.7. The fourth-order valence-corrected chi connectivity index (χ4v) is 2.35. The van der Waals surface area contributed by atoms with Crippen molar-refractivity contribution < 1.29 is 9.53 Å². The minimum Gasteiger partial charge on any atom is -0.491 e. The first-order chi connectivity index (χ1) is 12.2. The Bertz CT molecular complexity index is 580. The van der Waals surface area contributed by atoms with Crippen LogP contribution < -0.4 is 20.7 Å². The summed E-state index contributed by atoms with van der Waals surface area (Å²) in [7, 11) is 0. The topological polar surface area (TPSA) is 74.8 Å². The highest BCUT2D eigenvalue weighted by Crippen LogP contribution is 2.16. The number of thioether (sulfide) groups is 1. The number of anilines is 1. The van der Waals surface area contributed by atoms with Gasteiger partial charge in [-0.3, -0.25) is 4.79 Å². The van der Waals surface area contributed by atoms with Gasteiger partial charge in [-0.15, -0.1) is 0 Å². The van der Waals surface area contributed by atoms with Crippen LogP contribution in [0.3, 0.4) is 0 Å². The van der Waals surface area contributed by atoms with Crippen LogP contribution in [0.25, 0.3) is 0 Å². The normalized spacial score (nSPS) is 12.0. The molecule has 0 aliphatic carbocycles. The number of guanidine groups is 1. The van der Waals surface area contributed by atoms with E-state index in [4.69, 9.17) is 4.74 Å². The average Bonchev–Trinajstić information content (AvgIpc) is 2.52. The molecule has 0 saturated carbocycles. The summed E-state index contributed by atoms with van der Waals surface area (Å²) in [5.74, 6) is 2.25. The Labute approximate surface area is 161 Å². The Morgan fingerprint density at radius 3 is 2.42 bits per heavy atom. The number of aliphatic imine (C=N–C) groups is 1. The van der Waals surface area contributed by atoms with Gasteiger partial charge in [0.05, 0.1) is 6.10 Å². The van der Waals surface area contributed by atoms with Crippen LogP contribution in [0.5, 0.6) is 5.75 Å². The van der Waals surface area contributed by atoms with Crippen LogP contribution in [0.15, 0.2) is 29.3 Å². The molecule has 7 heteroatoms. The van der Waals surface area contributed by atoms with Crippen molar-refractivity contribution in [1.82, 2.24) is 10.6 Å². The summed E-state index contributed by atoms with van der Waals surface area (Å²) in [4.78, 5) is 16.4. The number of carbonyl (C=O) groups excluding carboxylic acids is 1. The number of nitrogens with one attached hydrogen (secondary N) is 3. The SMILES string of the molecule is CSCCNC(=NCC(=O)NC(C)(C)C)Nc1ccc(OC(C)C)cc1. The Kier molecular flexibility index (Phi) is 9.34. The van der Waals surface area contributed by atoms with Gasteiger partial charge in [-0.05, 0) is 65.1 Å². The Hall–Kier alpha value is -1.89. The van der Waals surface area contributed by atoms with E-state index in [9.17, 15) is 4.79 Å². The highest BCUT2D eigenvalue weighted by Gasteiger charge is 2.13. The largest absolute Gasteiger partial charge is 0.491 e. The summed E-state index contributed by atoms with van der Waals surface area (Å²) in [6, 6.07) is 7.68. The molecule has 1 amide bonds. The van der Waals surface area contributed by atoms with Gasteiger partial charge in [-0.25, -0.2) is 4.99 Å². The lowest BCUT2D eigenvalue weighted by Crippen LogP contribution is -2.42. The second-order valence-corrected chi connectivity index (χ2v) is 8.18. The van der Waals surface area contributed by atoms with E-state index in [2.05, 4.69) is 27.2 Å². The number of amides is 1. The van der Waals surface area contributed by atoms with Gasteiger partial charge in [-0.2, -0.15) is 11.8 Å². The van der Waals surface area contributed by atoms with Crippen LogP contribution in [0.1, 0.15) is 34.6 Å². The quantitative estimate of drug-likeness (QED) is 0.367. The summed E-state index contributed by atoms with van der Waals surface area (Å²) in [5, 5.41) is 9.38. The molecule has 26 heavy (non-hydrogen) atoms. The van der Waals surface area contributed by atoms with Gasteiger partial charge in [0.2, 0.25) is 5.91 Å². The summed E-state index contributed by atoms with van der Waals surface area (Å²) in [6.45, 7) is 10.7. The van der Waals surface area contributed by atoms with E-state index in [1.165, 1.54) is 0 Å². The summed E-state index contributed by atoms with van der Waals surface area (Å²) in [5.41, 5.74) is 0.617. The van der Waals surface area contributed by atoms with Crippen LogP contribution in [0.2, 0.25) is 0 Å². The maximum atomic E-state index is 12.0. The van der Waals surface area contributed by atoms with Crippen molar-refractivity contribution in [2.75, 3.05) is 30.4 Å². The fourth-order valence-electron chi connectivity index (χ4n) is 2.05. The Morgan fingerprint density at radius 1 is 1.23 bits per heavy atom. The third kappa shape index (κ3) is 10.2. The molecule has 0 aromatic heterocycles. The lowest BCUT2D eigenvalue weighted by atomic mass is 10.1. The molecule has 0 aliphatic rings. The van der Waals surface area contributed by atoms with Crippen LogP contribution in [-0.2, 0) is 4.79 Å². The lowest BCUT2D eigenvalue weighted by molar-refractivity contribution is -0.121. The number of nitrogens with zero attached hydrogens (tertiary/aromatic N) is 1. The Morgan fingerprint density at radius 2 is 1.88 bits per heavy atom. The fraction of sp³-hybridized carbons (Fsp3) is 0.579. The first kappa shape index (κ1) is 22.2. The van der Waals surface area contributed by atoms with Gasteiger partial charge in [0.1, 0.15) is 12.3 Å². The molecular weight excluding hydrogens is 348 g/mol. The number of hydrogen-bond acceptors (Lipinski definition) is 4. The maximum Gasteiger partial charge on any atom is 0.242 e. The van der Waals surface area contributed by atoms with Crippen molar-refractivity contribution in [3.63, 3.8) is 0 Å². The highest BCUT2D eigenvalue weighted by atomic mass is 32.2. The molecule has 0 heterocycles. The van der Waals surface area contributed by atoms with E-state index < -0.39 is 0 Å². The van der Waals surface area contributed by atoms with Gasteiger partial charge in [0.25, 0.3) is 0 Å². The van der Waals surface area contributed by atoms with Gasteiger partial charge in [-0.1, -0.05) is 0 Å². The van der Waals surface area contributed by atoms with E-state index in [1.54, 1.807) is 11.8 Å². The predicted octanol–water partition coefficient (Wildman–Crippen LogP) is 3.11. The third-order valence-electron chi connectivity index (χ3n) is 2.98. The van der Waals surface area contributed by atoms with Gasteiger partial charge >= 0.3 is 0 Å². The third-order valence-corrected chi connectivity index (χ3v) is 3.60. The van der Waals surface area contributed by atoms with Crippen molar-refractivity contribution in [2.45, 2.75) is 46.3 Å². The lowest BCUT2D eigenvalue weighted by Gasteiger charge is -2.20. The van der Waals surface area contributed by atoms with Gasteiger partial charge in [0.15, 0.2) is 5.96 Å². The van der Waals surface area contributed by atoms with E-state index >= 15 is 0 Å². The van der Waals surface area contributed by atoms with Crippen molar-refractivity contribution >= 4 is 29.3 Å². The summed E-state index contributed by atoms with van der Waals surface area (Å²) < 4.78 is 5.65. The van der Waals surface area contributed by atoms with Crippen LogP contribution in [-0.4, -0.2) is 48.6 Å². The molecule has 0 fully saturated rings. The molecule has 6 nitrogen and oxygen atoms in total. The number of benzene rings is 1. The zero-order valence-corrected chi connectivity index (χ0v) is 17.5. The maximum absolute atomic E-state index is 12.0. The first-order valence-electron chi connectivity index (χ1n) is 8.81. The van der Waals surface area contributed by atoms with Crippen molar-refractivity contribution in [3.05, 3.63) is 24.3 Å². The molecule has 1 aromatic carbocycles. The van der Waals surface area contributed by atoms with E-state index in [0.29, 0.717) is 5.96 Å². The minimum atomic E-state index is -0.265. The average molecular weight is 381 g/mol. The molecule has 0 unspecified atom stereocenters. The van der Waals surface area contributed by atoms with Crippen molar-refractivity contribution in [2.24, 2.45) is 4.99 Å². The van der Waals surface area contributed by atoms with Crippen LogP contribution in [0, 0.1) is 0 Å². The molecule has 146 valence electrons. The second-order valence-electron chi connectivity index (χ2n) is 7.20. The van der Waals surface area contributed by atoms with Crippen molar-refractivity contribution in [1.29, 1.82) is 0 Å². The van der Waals surface area contributed by atoms with Crippen molar-refractivity contribution in [3.8, 4) is 5.75 Å². The zero-order chi connectivity index (χ0) is 19.6. The van der Waals surface area contributed by atoms with Gasteiger partial charge < -0.3 is 20.7 Å². The monoisotopic (exact) mass is 380 g/mol. The van der Waals surface area contributed by atoms with Crippen LogP contribution >= 0.6 is 11.8 Å². The highest BCUT2D eigenvalue weighted by molar-refractivity contribution is 7.98. The molecule has 0 radical (unpaired) electrons.